The van der Waals surface area contributed by atoms with Crippen molar-refractivity contribution in [2.45, 2.75) is 51.4 Å². The smallest absolute Gasteiger partial charge is 0.119 e. The Kier molecular flexibility index (Phi) is 14.2. The van der Waals surface area contributed by atoms with Gasteiger partial charge in [0.15, 0.2) is 0 Å². The van der Waals surface area contributed by atoms with Crippen LogP contribution in [0.2, 0.25) is 0 Å². The molecule has 4 rings (SSSR count). The molecule has 45 heavy (non-hydrogen) atoms. The highest BCUT2D eigenvalue weighted by atomic mass is 16.5. The van der Waals surface area contributed by atoms with Gasteiger partial charge < -0.3 is 14.0 Å². The molecule has 0 fully saturated rings. The van der Waals surface area contributed by atoms with E-state index in [2.05, 4.69) is 34.6 Å². The molecule has 4 aromatic rings. The minimum absolute atomic E-state index is 0.749. The van der Waals surface area contributed by atoms with Crippen molar-refractivity contribution < 1.29 is 14.0 Å². The normalized spacial score (nSPS) is 11.8. The first-order valence-corrected chi connectivity index (χ1v) is 16.3. The lowest BCUT2D eigenvalue weighted by Crippen LogP contribution is -2.41. The molecule has 0 unspecified atom stereocenters. The summed E-state index contributed by atoms with van der Waals surface area (Å²) in [5.74, 6) is 1.77. The quantitative estimate of drug-likeness (QED) is 0.0570. The Morgan fingerprint density at radius 3 is 1.11 bits per heavy atom. The van der Waals surface area contributed by atoms with E-state index in [9.17, 15) is 0 Å². The average molecular weight is 607 g/mol. The van der Waals surface area contributed by atoms with Crippen LogP contribution >= 0.6 is 0 Å². The fourth-order valence-electron chi connectivity index (χ4n) is 4.92. The molecule has 0 atom stereocenters. The van der Waals surface area contributed by atoms with Crippen LogP contribution in [0.15, 0.2) is 130 Å². The van der Waals surface area contributed by atoms with Crippen LogP contribution in [0.4, 0.5) is 22.7 Å². The third-order valence-corrected chi connectivity index (χ3v) is 7.60. The summed E-state index contributed by atoms with van der Waals surface area (Å²) in [5, 5.41) is 17.1. The van der Waals surface area contributed by atoms with E-state index in [4.69, 9.17) is 9.47 Å². The summed E-state index contributed by atoms with van der Waals surface area (Å²) in [7, 11) is 4.72. The first-order valence-electron chi connectivity index (χ1n) is 16.3. The van der Waals surface area contributed by atoms with Gasteiger partial charge >= 0.3 is 0 Å². The van der Waals surface area contributed by atoms with Crippen LogP contribution in [0.5, 0.6) is 11.5 Å². The summed E-state index contributed by atoms with van der Waals surface area (Å²) in [6.45, 7) is 3.95. The topological polar surface area (TPSA) is 67.9 Å². The number of azo groups is 2. The van der Waals surface area contributed by atoms with Crippen LogP contribution in [0.3, 0.4) is 0 Å². The third-order valence-electron chi connectivity index (χ3n) is 7.60. The zero-order valence-corrected chi connectivity index (χ0v) is 26.9. The highest BCUT2D eigenvalue weighted by molar-refractivity contribution is 5.43. The second-order valence-electron chi connectivity index (χ2n) is 12.0. The molecular formula is C38H48N5O2+. The maximum atomic E-state index is 5.93. The van der Waals surface area contributed by atoms with Gasteiger partial charge in [-0.25, -0.2) is 0 Å². The highest BCUT2D eigenvalue weighted by Gasteiger charge is 2.13. The standard InChI is InChI=1S/C38H48N5O2/c1-43(2,29-13-3-5-15-31-44-37-25-21-35(22-26-37)41-39-33-17-9-7-10-18-33)30-14-4-6-16-32-45-38-27-23-36(24-28-38)42-40-34-19-11-8-12-20-34/h7-12,17-28H,3-6,13-16,29-32H2,1-2H3/q+1. The van der Waals surface area contributed by atoms with Crippen molar-refractivity contribution in [3.05, 3.63) is 109 Å². The number of unbranched alkanes of at least 4 members (excludes halogenated alkanes) is 6. The molecule has 0 N–H and O–H groups in total. The number of rotatable bonds is 20. The Balaban J connectivity index is 0.969. The minimum atomic E-state index is 0.749. The van der Waals surface area contributed by atoms with E-state index in [0.717, 1.165) is 64.8 Å². The molecule has 0 aromatic heterocycles. The van der Waals surface area contributed by atoms with Crippen molar-refractivity contribution in [2.24, 2.45) is 20.5 Å². The lowest BCUT2D eigenvalue weighted by atomic mass is 10.1. The van der Waals surface area contributed by atoms with Crippen LogP contribution < -0.4 is 9.47 Å². The summed E-state index contributed by atoms with van der Waals surface area (Å²) in [6, 6.07) is 35.1. The predicted octanol–water partition coefficient (Wildman–Crippen LogP) is 11.2. The van der Waals surface area contributed by atoms with Crippen LogP contribution in [0.1, 0.15) is 51.4 Å². The Labute approximate surface area is 269 Å². The number of hydrogen-bond donors (Lipinski definition) is 0. The average Bonchev–Trinajstić information content (AvgIpc) is 3.07. The van der Waals surface area contributed by atoms with Crippen molar-refractivity contribution >= 4 is 22.7 Å². The maximum Gasteiger partial charge on any atom is 0.119 e. The van der Waals surface area contributed by atoms with Crippen LogP contribution in [0, 0.1) is 0 Å². The van der Waals surface area contributed by atoms with Gasteiger partial charge in [-0.2, -0.15) is 20.5 Å². The minimum Gasteiger partial charge on any atom is -0.494 e. The first-order chi connectivity index (χ1) is 22.1. The molecule has 0 saturated carbocycles. The fraction of sp³-hybridized carbons (Fsp3) is 0.368. The van der Waals surface area contributed by atoms with E-state index in [-0.39, 0.29) is 0 Å². The van der Waals surface area contributed by atoms with Crippen molar-refractivity contribution in [1.82, 2.24) is 0 Å². The molecule has 0 aliphatic carbocycles. The molecule has 7 heteroatoms. The van der Waals surface area contributed by atoms with Gasteiger partial charge in [-0.15, -0.1) is 0 Å². The Bertz CT molecular complexity index is 1300. The molecule has 0 amide bonds. The largest absolute Gasteiger partial charge is 0.494 e. The lowest BCUT2D eigenvalue weighted by Gasteiger charge is -2.30. The number of nitrogens with zero attached hydrogens (tertiary/aromatic N) is 5. The SMILES string of the molecule is C[N+](C)(CCCCCCOc1ccc(N=Nc2ccccc2)cc1)CCCCCCOc1ccc(N=Nc2ccccc2)cc1. The molecule has 236 valence electrons. The fourth-order valence-corrected chi connectivity index (χ4v) is 4.92. The summed E-state index contributed by atoms with van der Waals surface area (Å²) in [6.07, 6.45) is 9.57. The molecule has 0 aliphatic heterocycles. The van der Waals surface area contributed by atoms with Crippen LogP contribution in [-0.4, -0.2) is 44.9 Å². The van der Waals surface area contributed by atoms with E-state index in [1.807, 2.05) is 109 Å². The third kappa shape index (κ3) is 13.9. The lowest BCUT2D eigenvalue weighted by molar-refractivity contribution is -0.890. The van der Waals surface area contributed by atoms with E-state index < -0.39 is 0 Å². The summed E-state index contributed by atoms with van der Waals surface area (Å²) >= 11 is 0. The molecule has 0 bridgehead atoms. The summed E-state index contributed by atoms with van der Waals surface area (Å²) in [5.41, 5.74) is 3.34. The van der Waals surface area contributed by atoms with Crippen molar-refractivity contribution in [3.8, 4) is 11.5 Å². The number of hydrogen-bond acceptors (Lipinski definition) is 6. The van der Waals surface area contributed by atoms with Crippen molar-refractivity contribution in [3.63, 3.8) is 0 Å². The van der Waals surface area contributed by atoms with Gasteiger partial charge in [-0.05, 0) is 124 Å². The van der Waals surface area contributed by atoms with Gasteiger partial charge in [0, 0.05) is 0 Å². The van der Waals surface area contributed by atoms with Crippen molar-refractivity contribution in [1.29, 1.82) is 0 Å². The Morgan fingerprint density at radius 1 is 0.400 bits per heavy atom. The molecule has 4 aromatic carbocycles. The maximum absolute atomic E-state index is 5.93. The number of benzene rings is 4. The first kappa shape index (κ1) is 33.5. The molecule has 0 radical (unpaired) electrons. The van der Waals surface area contributed by atoms with Gasteiger partial charge in [0.05, 0.1) is 63.1 Å². The summed E-state index contributed by atoms with van der Waals surface area (Å²) in [4.78, 5) is 0. The Morgan fingerprint density at radius 2 is 0.733 bits per heavy atom. The van der Waals surface area contributed by atoms with Crippen LogP contribution in [-0.2, 0) is 0 Å². The number of ether oxygens (including phenoxy) is 2. The molecular weight excluding hydrogens is 558 g/mol. The van der Waals surface area contributed by atoms with E-state index >= 15 is 0 Å². The van der Waals surface area contributed by atoms with Gasteiger partial charge in [0.1, 0.15) is 11.5 Å². The van der Waals surface area contributed by atoms with Crippen molar-refractivity contribution in [2.75, 3.05) is 40.4 Å². The second-order valence-corrected chi connectivity index (χ2v) is 12.0. The van der Waals surface area contributed by atoms with Gasteiger partial charge in [-0.3, -0.25) is 0 Å². The molecule has 0 spiro atoms. The van der Waals surface area contributed by atoms with E-state index in [1.165, 1.54) is 51.6 Å². The van der Waals surface area contributed by atoms with Gasteiger partial charge in [0.2, 0.25) is 0 Å². The molecule has 0 aliphatic rings. The molecule has 0 heterocycles. The second kappa shape index (κ2) is 19.1. The predicted molar refractivity (Wildman–Crippen MR) is 184 cm³/mol. The van der Waals surface area contributed by atoms with Gasteiger partial charge in [0.25, 0.3) is 0 Å². The molecule has 7 nitrogen and oxygen atoms in total. The number of quaternary nitrogens is 1. The zero-order chi connectivity index (χ0) is 31.4. The monoisotopic (exact) mass is 606 g/mol. The Hall–Kier alpha value is -4.36. The van der Waals surface area contributed by atoms with E-state index in [1.54, 1.807) is 0 Å². The highest BCUT2D eigenvalue weighted by Crippen LogP contribution is 2.23. The van der Waals surface area contributed by atoms with E-state index in [0.29, 0.717) is 0 Å². The van der Waals surface area contributed by atoms with Gasteiger partial charge in [-0.1, -0.05) is 36.4 Å². The zero-order valence-electron chi connectivity index (χ0n) is 26.9. The van der Waals surface area contributed by atoms with Crippen LogP contribution in [0.25, 0.3) is 0 Å². The molecule has 0 saturated heterocycles. The summed E-state index contributed by atoms with van der Waals surface area (Å²) < 4.78 is 12.9.